The highest BCUT2D eigenvalue weighted by molar-refractivity contribution is 7.20. The van der Waals surface area contributed by atoms with Crippen molar-refractivity contribution in [1.29, 1.82) is 0 Å². The maximum Gasteiger partial charge on any atom is 0.413 e. The smallest absolute Gasteiger partial charge is 0.413 e. The lowest BCUT2D eigenvalue weighted by Crippen LogP contribution is -2.10. The first-order valence-electron chi connectivity index (χ1n) is 8.92. The number of methoxy groups -OCH3 is 1. The van der Waals surface area contributed by atoms with E-state index in [2.05, 4.69) is 20.4 Å². The van der Waals surface area contributed by atoms with Crippen molar-refractivity contribution in [3.05, 3.63) is 60.2 Å². The van der Waals surface area contributed by atoms with E-state index in [0.717, 1.165) is 22.5 Å². The fourth-order valence-electron chi connectivity index (χ4n) is 2.73. The molecule has 1 aliphatic heterocycles. The fraction of sp³-hybridized carbons (Fsp3) is 0.0952. The molecule has 0 saturated carbocycles. The summed E-state index contributed by atoms with van der Waals surface area (Å²) in [5.74, 6) is 0.988. The van der Waals surface area contributed by atoms with Gasteiger partial charge in [0.2, 0.25) is 12.7 Å². The molecule has 8 nitrogen and oxygen atoms in total. The number of nitrogens with zero attached hydrogens (tertiary/aromatic N) is 1. The van der Waals surface area contributed by atoms with Gasteiger partial charge in [0.05, 0.1) is 7.11 Å². The Morgan fingerprint density at radius 1 is 1.10 bits per heavy atom. The van der Waals surface area contributed by atoms with Crippen molar-refractivity contribution in [3.63, 3.8) is 0 Å². The van der Waals surface area contributed by atoms with Gasteiger partial charge in [-0.1, -0.05) is 47.7 Å². The van der Waals surface area contributed by atoms with E-state index >= 15 is 0 Å². The van der Waals surface area contributed by atoms with Gasteiger partial charge in [-0.05, 0) is 23.8 Å². The Kier molecular flexibility index (Phi) is 5.62. The molecule has 0 bridgehead atoms. The molecule has 0 unspecified atom stereocenters. The molecule has 3 aromatic rings. The summed E-state index contributed by atoms with van der Waals surface area (Å²) in [6.45, 7) is 0.193. The van der Waals surface area contributed by atoms with E-state index in [4.69, 9.17) is 9.47 Å². The fourth-order valence-corrected chi connectivity index (χ4v) is 3.61. The molecule has 0 spiro atoms. The lowest BCUT2D eigenvalue weighted by Gasteiger charge is -2.03. The van der Waals surface area contributed by atoms with Crippen LogP contribution in [0.25, 0.3) is 17.3 Å². The van der Waals surface area contributed by atoms with Gasteiger partial charge in [-0.3, -0.25) is 10.1 Å². The zero-order valence-corrected chi connectivity index (χ0v) is 16.7. The molecule has 2 heterocycles. The molecular formula is C21H17N3O5S. The summed E-state index contributed by atoms with van der Waals surface area (Å²) in [4.78, 5) is 28.4. The topological polar surface area (TPSA) is 98.8 Å². The predicted octanol–water partition coefficient (Wildman–Crippen LogP) is 4.37. The van der Waals surface area contributed by atoms with E-state index in [1.807, 2.05) is 36.4 Å². The first kappa shape index (κ1) is 19.5. The lowest BCUT2D eigenvalue weighted by molar-refractivity contribution is -0.111. The monoisotopic (exact) mass is 423 g/mol. The number of ether oxygens (including phenoxy) is 3. The summed E-state index contributed by atoms with van der Waals surface area (Å²) in [5.41, 5.74) is 2.16. The first-order chi connectivity index (χ1) is 14.6. The van der Waals surface area contributed by atoms with E-state index < -0.39 is 6.09 Å². The SMILES string of the molecule is COC(=O)Nc1nc(-c2ccccc2)c(NC(=O)/C=C\c2ccc3c(c2)OCO3)s1. The number of fused-ring (bicyclic) bond motifs is 1. The van der Waals surface area contributed by atoms with Gasteiger partial charge in [0.1, 0.15) is 10.7 Å². The van der Waals surface area contributed by atoms with Crippen LogP contribution in [0, 0.1) is 0 Å². The number of benzene rings is 2. The molecule has 30 heavy (non-hydrogen) atoms. The van der Waals surface area contributed by atoms with Crippen LogP contribution in [0.1, 0.15) is 5.56 Å². The number of nitrogens with one attached hydrogen (secondary N) is 2. The van der Waals surface area contributed by atoms with Crippen molar-refractivity contribution >= 4 is 39.5 Å². The van der Waals surface area contributed by atoms with E-state index in [-0.39, 0.29) is 12.7 Å². The first-order valence-corrected chi connectivity index (χ1v) is 9.74. The molecule has 1 aliphatic rings. The van der Waals surface area contributed by atoms with Crippen LogP contribution in [0.2, 0.25) is 0 Å². The van der Waals surface area contributed by atoms with E-state index in [0.29, 0.717) is 27.3 Å². The second kappa shape index (κ2) is 8.66. The number of hydrogen-bond acceptors (Lipinski definition) is 7. The lowest BCUT2D eigenvalue weighted by atomic mass is 10.1. The van der Waals surface area contributed by atoms with Gasteiger partial charge in [0.25, 0.3) is 0 Å². The van der Waals surface area contributed by atoms with Crippen molar-refractivity contribution in [3.8, 4) is 22.8 Å². The third-order valence-electron chi connectivity index (χ3n) is 4.13. The molecule has 2 N–H and O–H groups in total. The Hall–Kier alpha value is -3.85. The van der Waals surface area contributed by atoms with E-state index in [1.165, 1.54) is 13.2 Å². The third-order valence-corrected chi connectivity index (χ3v) is 5.02. The van der Waals surface area contributed by atoms with Crippen molar-refractivity contribution in [2.75, 3.05) is 24.5 Å². The molecule has 2 amide bonds. The van der Waals surface area contributed by atoms with Crippen molar-refractivity contribution in [1.82, 2.24) is 4.98 Å². The Morgan fingerprint density at radius 3 is 2.70 bits per heavy atom. The maximum atomic E-state index is 12.5. The number of amides is 2. The summed E-state index contributed by atoms with van der Waals surface area (Å²) < 4.78 is 15.2. The minimum absolute atomic E-state index is 0.193. The number of thiazole rings is 1. The maximum absolute atomic E-state index is 12.5. The number of rotatable bonds is 5. The zero-order valence-electron chi connectivity index (χ0n) is 15.9. The highest BCUT2D eigenvalue weighted by atomic mass is 32.1. The molecule has 1 aromatic heterocycles. The van der Waals surface area contributed by atoms with Gasteiger partial charge in [-0.25, -0.2) is 9.78 Å². The van der Waals surface area contributed by atoms with Crippen molar-refractivity contribution in [2.45, 2.75) is 0 Å². The van der Waals surface area contributed by atoms with Gasteiger partial charge >= 0.3 is 6.09 Å². The van der Waals surface area contributed by atoms with Crippen LogP contribution in [-0.4, -0.2) is 30.9 Å². The molecule has 2 aromatic carbocycles. The third kappa shape index (κ3) is 4.41. The second-order valence-corrected chi connectivity index (χ2v) is 7.11. The summed E-state index contributed by atoms with van der Waals surface area (Å²) in [6.07, 6.45) is 2.46. The molecule has 0 fully saturated rings. The minimum Gasteiger partial charge on any atom is -0.454 e. The van der Waals surface area contributed by atoms with Crippen molar-refractivity contribution in [2.24, 2.45) is 0 Å². The summed E-state index contributed by atoms with van der Waals surface area (Å²) in [5, 5.41) is 6.18. The number of aromatic nitrogens is 1. The Balaban J connectivity index is 1.53. The Labute approximate surface area is 176 Å². The van der Waals surface area contributed by atoms with Crippen LogP contribution < -0.4 is 20.1 Å². The highest BCUT2D eigenvalue weighted by Crippen LogP contribution is 2.36. The molecule has 0 saturated heterocycles. The van der Waals surface area contributed by atoms with Crippen LogP contribution in [0.3, 0.4) is 0 Å². The number of hydrogen-bond donors (Lipinski definition) is 2. The van der Waals surface area contributed by atoms with Crippen LogP contribution in [0.5, 0.6) is 11.5 Å². The normalized spacial score (nSPS) is 12.0. The molecule has 152 valence electrons. The van der Waals surface area contributed by atoms with Crippen LogP contribution >= 0.6 is 11.3 Å². The predicted molar refractivity (Wildman–Crippen MR) is 114 cm³/mol. The summed E-state index contributed by atoms with van der Waals surface area (Å²) in [6, 6.07) is 14.8. The Morgan fingerprint density at radius 2 is 1.90 bits per heavy atom. The van der Waals surface area contributed by atoms with Crippen LogP contribution in [-0.2, 0) is 9.53 Å². The summed E-state index contributed by atoms with van der Waals surface area (Å²) in [7, 11) is 1.27. The largest absolute Gasteiger partial charge is 0.454 e. The molecule has 0 atom stereocenters. The highest BCUT2D eigenvalue weighted by Gasteiger charge is 2.17. The quantitative estimate of drug-likeness (QED) is 0.592. The number of carbonyl (C=O) groups excluding carboxylic acids is 2. The average Bonchev–Trinajstić information content (AvgIpc) is 3.39. The zero-order chi connectivity index (χ0) is 20.9. The second-order valence-electron chi connectivity index (χ2n) is 6.11. The Bertz CT molecular complexity index is 1110. The van der Waals surface area contributed by atoms with Gasteiger partial charge in [0.15, 0.2) is 16.6 Å². The van der Waals surface area contributed by atoms with Crippen molar-refractivity contribution < 1.29 is 23.8 Å². The van der Waals surface area contributed by atoms with Crippen LogP contribution in [0.15, 0.2) is 54.6 Å². The van der Waals surface area contributed by atoms with Gasteiger partial charge in [0, 0.05) is 11.6 Å². The molecule has 9 heteroatoms. The standard InChI is InChI=1S/C21H17N3O5S/c1-27-21(26)24-20-23-18(14-5-3-2-4-6-14)19(30-20)22-17(25)10-8-13-7-9-15-16(11-13)29-12-28-15/h2-11H,12H2,1H3,(H,22,25)(H,23,24,26)/b10-8-. The van der Waals surface area contributed by atoms with E-state index in [1.54, 1.807) is 18.2 Å². The molecule has 0 aliphatic carbocycles. The van der Waals surface area contributed by atoms with Gasteiger partial charge < -0.3 is 19.5 Å². The number of anilines is 2. The van der Waals surface area contributed by atoms with Gasteiger partial charge in [-0.15, -0.1) is 0 Å². The van der Waals surface area contributed by atoms with E-state index in [9.17, 15) is 9.59 Å². The summed E-state index contributed by atoms with van der Waals surface area (Å²) >= 11 is 1.14. The average molecular weight is 423 g/mol. The number of carbonyl (C=O) groups is 2. The van der Waals surface area contributed by atoms with Crippen LogP contribution in [0.4, 0.5) is 14.9 Å². The molecular weight excluding hydrogens is 406 g/mol. The molecule has 0 radical (unpaired) electrons. The minimum atomic E-state index is -0.635. The molecule has 4 rings (SSSR count). The van der Waals surface area contributed by atoms with Gasteiger partial charge in [-0.2, -0.15) is 0 Å².